The average Bonchev–Trinajstić information content (AvgIpc) is 2.49. The number of benzene rings is 1. The molecule has 0 spiro atoms. The van der Waals surface area contributed by atoms with Crippen LogP contribution < -0.4 is 0 Å². The van der Waals surface area contributed by atoms with Crippen molar-refractivity contribution in [3.8, 4) is 0 Å². The molecule has 1 heterocycles. The first kappa shape index (κ1) is 10.4. The zero-order valence-electron chi connectivity index (χ0n) is 6.68. The van der Waals surface area contributed by atoms with Crippen LogP contribution in [0.2, 0.25) is 0 Å². The smallest absolute Gasteiger partial charge is 0.314 e. The van der Waals surface area contributed by atoms with Crippen molar-refractivity contribution in [1.82, 2.24) is 0 Å². The van der Waals surface area contributed by atoms with E-state index >= 15 is 0 Å². The summed E-state index contributed by atoms with van der Waals surface area (Å²) in [4.78, 5) is 14.3. The van der Waals surface area contributed by atoms with Gasteiger partial charge in [-0.1, -0.05) is 18.2 Å². The molecule has 3 nitrogen and oxygen atoms in total. The fourth-order valence-corrected chi connectivity index (χ4v) is 1.70. The molecule has 0 aliphatic carbocycles. The van der Waals surface area contributed by atoms with Gasteiger partial charge < -0.3 is 9.79 Å². The third-order valence-electron chi connectivity index (χ3n) is 1.36. The van der Waals surface area contributed by atoms with Crippen molar-refractivity contribution in [2.24, 2.45) is 0 Å². The first-order valence-electron chi connectivity index (χ1n) is 3.54. The van der Waals surface area contributed by atoms with E-state index in [4.69, 9.17) is 14.4 Å². The Balaban J connectivity index is 0.000000184. The number of rotatable bonds is 0. The van der Waals surface area contributed by atoms with E-state index in [0.29, 0.717) is 0 Å². The molecule has 70 valence electrons. The summed E-state index contributed by atoms with van der Waals surface area (Å²) in [7, 11) is -3.13. The van der Waals surface area contributed by atoms with Crippen molar-refractivity contribution >= 4 is 29.7 Å². The Morgan fingerprint density at radius 3 is 2.38 bits per heavy atom. The van der Waals surface area contributed by atoms with E-state index in [9.17, 15) is 0 Å². The molecule has 0 aliphatic heterocycles. The lowest BCUT2D eigenvalue weighted by Gasteiger charge is -1.82. The zero-order chi connectivity index (χ0) is 9.68. The van der Waals surface area contributed by atoms with Gasteiger partial charge in [0.25, 0.3) is 0 Å². The summed E-state index contributed by atoms with van der Waals surface area (Å²) in [6.07, 6.45) is 0. The molecule has 0 unspecified atom stereocenters. The van der Waals surface area contributed by atoms with E-state index in [2.05, 4.69) is 35.7 Å². The Kier molecular flexibility index (Phi) is 4.12. The maximum absolute atomic E-state index is 8.74. The lowest BCUT2D eigenvalue weighted by Crippen LogP contribution is -1.56. The molecule has 1 aromatic heterocycles. The number of thiophene rings is 1. The van der Waals surface area contributed by atoms with Crippen LogP contribution >= 0.6 is 19.6 Å². The monoisotopic (exact) mass is 216 g/mol. The second kappa shape index (κ2) is 5.14. The third kappa shape index (κ3) is 3.70. The fraction of sp³-hybridized carbons (Fsp3) is 0. The van der Waals surface area contributed by atoms with Gasteiger partial charge in [-0.15, -0.1) is 11.3 Å². The Hall–Kier alpha value is -0.670. The number of hydrogen-bond acceptors (Lipinski definition) is 2. The van der Waals surface area contributed by atoms with E-state index in [1.54, 1.807) is 11.3 Å². The SMILES string of the molecule is O=[PH](O)O.c1ccc2sccc2c1. The molecule has 0 radical (unpaired) electrons. The van der Waals surface area contributed by atoms with Crippen LogP contribution in [0.4, 0.5) is 0 Å². The van der Waals surface area contributed by atoms with Gasteiger partial charge in [0, 0.05) is 4.70 Å². The molecule has 1 aromatic carbocycles. The second-order valence-electron chi connectivity index (χ2n) is 2.24. The lowest BCUT2D eigenvalue weighted by atomic mass is 10.3. The molecular formula is C8H9O3PS. The third-order valence-corrected chi connectivity index (χ3v) is 2.26. The van der Waals surface area contributed by atoms with E-state index in [0.717, 1.165) is 0 Å². The highest BCUT2D eigenvalue weighted by molar-refractivity contribution is 7.30. The summed E-state index contributed by atoms with van der Waals surface area (Å²) in [5.41, 5.74) is 0. The van der Waals surface area contributed by atoms with Crippen LogP contribution in [-0.4, -0.2) is 9.79 Å². The van der Waals surface area contributed by atoms with Gasteiger partial charge in [0.05, 0.1) is 0 Å². The van der Waals surface area contributed by atoms with E-state index in [1.165, 1.54) is 10.1 Å². The second-order valence-corrected chi connectivity index (χ2v) is 3.75. The van der Waals surface area contributed by atoms with E-state index < -0.39 is 8.25 Å². The molecule has 0 atom stereocenters. The van der Waals surface area contributed by atoms with Gasteiger partial charge in [-0.05, 0) is 22.9 Å². The van der Waals surface area contributed by atoms with Crippen LogP contribution in [0.1, 0.15) is 0 Å². The number of hydrogen-bond donors (Lipinski definition) is 2. The number of fused-ring (bicyclic) bond motifs is 1. The summed E-state index contributed by atoms with van der Waals surface area (Å²) in [5, 5.41) is 3.47. The maximum Gasteiger partial charge on any atom is 0.314 e. The molecule has 0 bridgehead atoms. The highest BCUT2D eigenvalue weighted by Gasteiger charge is 1.87. The predicted octanol–water partition coefficient (Wildman–Crippen LogP) is 2.26. The van der Waals surface area contributed by atoms with Crippen LogP contribution in [-0.2, 0) is 4.57 Å². The topological polar surface area (TPSA) is 57.5 Å². The summed E-state index contributed by atoms with van der Waals surface area (Å²) in [6.45, 7) is 0. The molecule has 13 heavy (non-hydrogen) atoms. The molecule has 2 aromatic rings. The van der Waals surface area contributed by atoms with Crippen molar-refractivity contribution < 1.29 is 14.4 Å². The lowest BCUT2D eigenvalue weighted by molar-refractivity contribution is 0.405. The van der Waals surface area contributed by atoms with Gasteiger partial charge in [0.2, 0.25) is 0 Å². The molecule has 0 amide bonds. The quantitative estimate of drug-likeness (QED) is 0.664. The summed E-state index contributed by atoms with van der Waals surface area (Å²) in [5.74, 6) is 0. The van der Waals surface area contributed by atoms with Gasteiger partial charge >= 0.3 is 8.25 Å². The maximum atomic E-state index is 8.74. The van der Waals surface area contributed by atoms with Crippen LogP contribution in [0.5, 0.6) is 0 Å². The minimum atomic E-state index is -3.13. The summed E-state index contributed by atoms with van der Waals surface area (Å²) in [6, 6.07) is 10.5. The molecule has 2 N–H and O–H groups in total. The Labute approximate surface area is 80.2 Å². The Morgan fingerprint density at radius 1 is 1.15 bits per heavy atom. The van der Waals surface area contributed by atoms with Gasteiger partial charge in [-0.25, -0.2) is 0 Å². The minimum absolute atomic E-state index is 1.35. The van der Waals surface area contributed by atoms with Gasteiger partial charge in [0.1, 0.15) is 0 Å². The first-order chi connectivity index (χ1) is 6.20. The van der Waals surface area contributed by atoms with Gasteiger partial charge in [-0.2, -0.15) is 0 Å². The minimum Gasteiger partial charge on any atom is -0.326 e. The van der Waals surface area contributed by atoms with Crippen LogP contribution in [0.15, 0.2) is 35.7 Å². The van der Waals surface area contributed by atoms with Crippen LogP contribution in [0, 0.1) is 0 Å². The summed E-state index contributed by atoms with van der Waals surface area (Å²) >= 11 is 1.79. The molecule has 0 saturated carbocycles. The first-order valence-corrected chi connectivity index (χ1v) is 5.72. The van der Waals surface area contributed by atoms with Crippen molar-refractivity contribution in [2.45, 2.75) is 0 Å². The van der Waals surface area contributed by atoms with Crippen LogP contribution in [0.3, 0.4) is 0 Å². The van der Waals surface area contributed by atoms with E-state index in [-0.39, 0.29) is 0 Å². The molecular weight excluding hydrogens is 207 g/mol. The van der Waals surface area contributed by atoms with Crippen molar-refractivity contribution in [2.75, 3.05) is 0 Å². The summed E-state index contributed by atoms with van der Waals surface area (Å²) < 4.78 is 10.1. The predicted molar refractivity (Wildman–Crippen MR) is 55.3 cm³/mol. The molecule has 0 fully saturated rings. The highest BCUT2D eigenvalue weighted by atomic mass is 32.1. The van der Waals surface area contributed by atoms with Crippen molar-refractivity contribution in [1.29, 1.82) is 0 Å². The highest BCUT2D eigenvalue weighted by Crippen LogP contribution is 2.18. The molecule has 5 heteroatoms. The normalized spacial score (nSPS) is 9.77. The largest absolute Gasteiger partial charge is 0.326 e. The standard InChI is InChI=1S/C8H6S.H3O3P/c1-2-4-8-7(3-1)5-6-9-8;1-4(2)3/h1-6H;4H,(H2,1,2,3). The molecule has 2 rings (SSSR count). The molecule has 0 saturated heterocycles. The van der Waals surface area contributed by atoms with Crippen molar-refractivity contribution in [3.63, 3.8) is 0 Å². The average molecular weight is 216 g/mol. The van der Waals surface area contributed by atoms with E-state index in [1.807, 2.05) is 0 Å². The fourth-order valence-electron chi connectivity index (χ4n) is 0.906. The van der Waals surface area contributed by atoms with Gasteiger partial charge in [-0.3, -0.25) is 4.57 Å². The zero-order valence-corrected chi connectivity index (χ0v) is 8.49. The van der Waals surface area contributed by atoms with Gasteiger partial charge in [0.15, 0.2) is 0 Å². The Morgan fingerprint density at radius 2 is 1.77 bits per heavy atom. The van der Waals surface area contributed by atoms with Crippen LogP contribution in [0.25, 0.3) is 10.1 Å². The molecule has 0 aliphatic rings. The Bertz CT molecular complexity index is 365. The van der Waals surface area contributed by atoms with Crippen molar-refractivity contribution in [3.05, 3.63) is 35.7 Å².